The molecule has 0 aliphatic rings. The minimum atomic E-state index is -0.616. The van der Waals surface area contributed by atoms with Crippen LogP contribution in [-0.2, 0) is 6.42 Å². The summed E-state index contributed by atoms with van der Waals surface area (Å²) in [5, 5.41) is 3.34. The first kappa shape index (κ1) is 10.1. The summed E-state index contributed by atoms with van der Waals surface area (Å²) in [7, 11) is 1.82. The van der Waals surface area contributed by atoms with E-state index in [0.29, 0.717) is 11.8 Å². The third-order valence-electron chi connectivity index (χ3n) is 2.31. The molecule has 0 atom stereocenters. The van der Waals surface area contributed by atoms with Crippen LogP contribution in [0.3, 0.4) is 0 Å². The topological polar surface area (TPSA) is 25.2 Å². The van der Waals surface area contributed by atoms with E-state index in [1.54, 1.807) is 0 Å². The maximum Gasteiger partial charge on any atom is 0.140 e. The lowest BCUT2D eigenvalue weighted by molar-refractivity contribution is 0.577. The zero-order valence-electron chi connectivity index (χ0n) is 8.31. The number of likely N-dealkylation sites (N-methyl/N-ethyl adjacent to an activating group) is 1. The molecule has 2 aromatic rings. The Morgan fingerprint density at radius 1 is 1.33 bits per heavy atom. The minimum absolute atomic E-state index is 0.263. The molecule has 0 amide bonds. The first-order valence-electron chi connectivity index (χ1n) is 4.72. The highest BCUT2D eigenvalue weighted by molar-refractivity contribution is 5.81. The highest BCUT2D eigenvalue weighted by Gasteiger charge is 2.12. The van der Waals surface area contributed by atoms with Gasteiger partial charge < -0.3 is 9.73 Å². The molecule has 1 aromatic heterocycles. The Bertz CT molecular complexity index is 479. The van der Waals surface area contributed by atoms with Crippen molar-refractivity contribution in [3.63, 3.8) is 0 Å². The number of rotatable bonds is 3. The van der Waals surface area contributed by atoms with Crippen LogP contribution in [0, 0.1) is 11.6 Å². The lowest BCUT2D eigenvalue weighted by Gasteiger charge is -1.98. The van der Waals surface area contributed by atoms with Crippen molar-refractivity contribution in [2.75, 3.05) is 13.6 Å². The maximum atomic E-state index is 13.4. The standard InChI is InChI=1S/C11H11F2NO/c1-14-3-2-7-6-15-10-5-8(12)4-9(13)11(7)10/h4-6,14H,2-3H2,1H3. The first-order chi connectivity index (χ1) is 7.22. The SMILES string of the molecule is CNCCc1coc2cc(F)cc(F)c12. The van der Waals surface area contributed by atoms with Crippen molar-refractivity contribution in [2.24, 2.45) is 0 Å². The van der Waals surface area contributed by atoms with Crippen molar-refractivity contribution in [3.8, 4) is 0 Å². The molecule has 0 aliphatic heterocycles. The van der Waals surface area contributed by atoms with Crippen molar-refractivity contribution in [3.05, 3.63) is 35.6 Å². The average molecular weight is 211 g/mol. The third-order valence-corrected chi connectivity index (χ3v) is 2.31. The number of fused-ring (bicyclic) bond motifs is 1. The molecule has 1 N–H and O–H groups in total. The van der Waals surface area contributed by atoms with Crippen molar-refractivity contribution >= 4 is 11.0 Å². The highest BCUT2D eigenvalue weighted by Crippen LogP contribution is 2.25. The van der Waals surface area contributed by atoms with Crippen molar-refractivity contribution in [1.29, 1.82) is 0 Å². The normalized spacial score (nSPS) is 11.1. The van der Waals surface area contributed by atoms with Gasteiger partial charge in [0, 0.05) is 17.7 Å². The smallest absolute Gasteiger partial charge is 0.140 e. The maximum absolute atomic E-state index is 13.4. The van der Waals surface area contributed by atoms with Crippen LogP contribution in [0.2, 0.25) is 0 Å². The molecule has 2 nitrogen and oxygen atoms in total. The van der Waals surface area contributed by atoms with Gasteiger partial charge in [0.1, 0.15) is 17.2 Å². The van der Waals surface area contributed by atoms with Gasteiger partial charge in [-0.1, -0.05) is 0 Å². The summed E-state index contributed by atoms with van der Waals surface area (Å²) in [6, 6.07) is 2.07. The Morgan fingerprint density at radius 2 is 2.13 bits per heavy atom. The molecule has 1 aromatic carbocycles. The quantitative estimate of drug-likeness (QED) is 0.843. The van der Waals surface area contributed by atoms with Crippen LogP contribution in [0.5, 0.6) is 0 Å². The predicted molar refractivity (Wildman–Crippen MR) is 53.8 cm³/mol. The number of benzene rings is 1. The molecular weight excluding hydrogens is 200 g/mol. The van der Waals surface area contributed by atoms with E-state index < -0.39 is 11.6 Å². The summed E-state index contributed by atoms with van der Waals surface area (Å²) in [4.78, 5) is 0. The zero-order valence-corrected chi connectivity index (χ0v) is 8.31. The lowest BCUT2D eigenvalue weighted by Crippen LogP contribution is -2.10. The van der Waals surface area contributed by atoms with Crippen LogP contribution < -0.4 is 5.32 Å². The Morgan fingerprint density at radius 3 is 2.87 bits per heavy atom. The van der Waals surface area contributed by atoms with E-state index in [1.165, 1.54) is 12.3 Å². The van der Waals surface area contributed by atoms with Crippen LogP contribution in [0.4, 0.5) is 8.78 Å². The summed E-state index contributed by atoms with van der Waals surface area (Å²) in [5.41, 5.74) is 1.02. The highest BCUT2D eigenvalue weighted by atomic mass is 19.1. The van der Waals surface area contributed by atoms with Crippen molar-refractivity contribution < 1.29 is 13.2 Å². The fourth-order valence-electron chi connectivity index (χ4n) is 1.59. The van der Waals surface area contributed by atoms with E-state index in [2.05, 4.69) is 5.32 Å². The second-order valence-electron chi connectivity index (χ2n) is 3.38. The van der Waals surface area contributed by atoms with E-state index in [4.69, 9.17) is 4.42 Å². The molecule has 0 bridgehead atoms. The van der Waals surface area contributed by atoms with Crippen LogP contribution in [0.15, 0.2) is 22.8 Å². The molecule has 1 heterocycles. The van der Waals surface area contributed by atoms with Gasteiger partial charge in [0.2, 0.25) is 0 Å². The Balaban J connectivity index is 2.49. The van der Waals surface area contributed by atoms with Gasteiger partial charge in [-0.15, -0.1) is 0 Å². The molecule has 80 valence electrons. The van der Waals surface area contributed by atoms with Gasteiger partial charge in [-0.05, 0) is 20.0 Å². The first-order valence-corrected chi connectivity index (χ1v) is 4.72. The molecule has 0 radical (unpaired) electrons. The number of halogens is 2. The van der Waals surface area contributed by atoms with Gasteiger partial charge in [-0.25, -0.2) is 8.78 Å². The zero-order chi connectivity index (χ0) is 10.8. The van der Waals surface area contributed by atoms with Gasteiger partial charge in [-0.3, -0.25) is 0 Å². The van der Waals surface area contributed by atoms with Gasteiger partial charge >= 0.3 is 0 Å². The second kappa shape index (κ2) is 3.98. The van der Waals surface area contributed by atoms with Gasteiger partial charge in [0.05, 0.1) is 11.6 Å². The molecule has 0 saturated heterocycles. The molecule has 4 heteroatoms. The number of hydrogen-bond donors (Lipinski definition) is 1. The Labute approximate surface area is 85.9 Å². The largest absolute Gasteiger partial charge is 0.464 e. The Hall–Kier alpha value is -1.42. The molecule has 0 spiro atoms. The third kappa shape index (κ3) is 1.85. The van der Waals surface area contributed by atoms with Gasteiger partial charge in [0.25, 0.3) is 0 Å². The molecule has 0 fully saturated rings. The fourth-order valence-corrected chi connectivity index (χ4v) is 1.59. The monoisotopic (exact) mass is 211 g/mol. The average Bonchev–Trinajstić information content (AvgIpc) is 2.58. The van der Waals surface area contributed by atoms with Crippen molar-refractivity contribution in [2.45, 2.75) is 6.42 Å². The number of nitrogens with one attached hydrogen (secondary N) is 1. The lowest BCUT2D eigenvalue weighted by atomic mass is 10.1. The van der Waals surface area contributed by atoms with Crippen LogP contribution in [0.1, 0.15) is 5.56 Å². The molecule has 15 heavy (non-hydrogen) atoms. The second-order valence-corrected chi connectivity index (χ2v) is 3.38. The van der Waals surface area contributed by atoms with Crippen LogP contribution in [-0.4, -0.2) is 13.6 Å². The Kier molecular flexibility index (Phi) is 2.68. The molecule has 0 saturated carbocycles. The molecule has 0 unspecified atom stereocenters. The summed E-state index contributed by atoms with van der Waals surface area (Å²) in [6.45, 7) is 0.728. The molecule has 2 rings (SSSR count). The molecular formula is C11H11F2NO. The van der Waals surface area contributed by atoms with Crippen molar-refractivity contribution in [1.82, 2.24) is 5.32 Å². The summed E-state index contributed by atoms with van der Waals surface area (Å²) >= 11 is 0. The van der Waals surface area contributed by atoms with E-state index in [1.807, 2.05) is 7.05 Å². The van der Waals surface area contributed by atoms with E-state index in [-0.39, 0.29) is 5.58 Å². The number of hydrogen-bond acceptors (Lipinski definition) is 2. The predicted octanol–water partition coefficient (Wildman–Crippen LogP) is 2.47. The van der Waals surface area contributed by atoms with E-state index in [9.17, 15) is 8.78 Å². The molecule has 0 aliphatic carbocycles. The number of furan rings is 1. The van der Waals surface area contributed by atoms with Crippen LogP contribution in [0.25, 0.3) is 11.0 Å². The fraction of sp³-hybridized carbons (Fsp3) is 0.273. The van der Waals surface area contributed by atoms with E-state index in [0.717, 1.165) is 18.2 Å². The van der Waals surface area contributed by atoms with E-state index >= 15 is 0 Å². The van der Waals surface area contributed by atoms with Crippen LogP contribution >= 0.6 is 0 Å². The minimum Gasteiger partial charge on any atom is -0.464 e. The summed E-state index contributed by atoms with van der Waals surface area (Å²) < 4.78 is 31.4. The van der Waals surface area contributed by atoms with Gasteiger partial charge in [-0.2, -0.15) is 0 Å². The summed E-state index contributed by atoms with van der Waals surface area (Å²) in [6.07, 6.45) is 2.14. The summed E-state index contributed by atoms with van der Waals surface area (Å²) in [5.74, 6) is -1.18. The van der Waals surface area contributed by atoms with Gasteiger partial charge in [0.15, 0.2) is 0 Å².